The summed E-state index contributed by atoms with van der Waals surface area (Å²) >= 11 is 3.41. The lowest BCUT2D eigenvalue weighted by Gasteiger charge is -2.32. The molecule has 1 saturated heterocycles. The number of rotatable bonds is 2. The Kier molecular flexibility index (Phi) is 3.60. The minimum Gasteiger partial charge on any atom is -0.399 e. The molecule has 1 fully saturated rings. The Morgan fingerprint density at radius 3 is 2.28 bits per heavy atom. The summed E-state index contributed by atoms with van der Waals surface area (Å²) in [5, 5.41) is 0. The summed E-state index contributed by atoms with van der Waals surface area (Å²) in [5.41, 5.74) is 1.62. The lowest BCUT2D eigenvalue weighted by Crippen LogP contribution is -2.41. The molecule has 0 atom stereocenters. The fraction of sp³-hybridized carbons (Fsp3) is 0.615. The number of hydrogen-bond acceptors (Lipinski definition) is 3. The summed E-state index contributed by atoms with van der Waals surface area (Å²) in [6.07, 6.45) is 2.80. The minimum absolute atomic E-state index is 0.307. The molecule has 98 valence electrons. The van der Waals surface area contributed by atoms with Crippen molar-refractivity contribution in [1.29, 1.82) is 0 Å². The molecular weight excluding hydrogens is 293 g/mol. The van der Waals surface area contributed by atoms with E-state index >= 15 is 0 Å². The Balaban J connectivity index is 2.37. The second-order valence-electron chi connectivity index (χ2n) is 5.65. The molecule has 0 unspecified atom stereocenters. The maximum Gasteiger partial charge on any atom is 0.495 e. The predicted molar refractivity (Wildman–Crippen MR) is 77.0 cm³/mol. The average molecular weight is 312 g/mol. The van der Waals surface area contributed by atoms with Gasteiger partial charge in [-0.3, -0.25) is 0 Å². The van der Waals surface area contributed by atoms with Gasteiger partial charge in [-0.15, -0.1) is 0 Å². The van der Waals surface area contributed by atoms with Crippen LogP contribution in [0.2, 0.25) is 0 Å². The Bertz CT molecular complexity index is 446. The van der Waals surface area contributed by atoms with Gasteiger partial charge in [-0.25, -0.2) is 4.98 Å². The molecule has 0 radical (unpaired) electrons. The quantitative estimate of drug-likeness (QED) is 0.621. The summed E-state index contributed by atoms with van der Waals surface area (Å²) < 4.78 is 13.0. The van der Waals surface area contributed by atoms with Crippen molar-refractivity contribution in [2.45, 2.75) is 52.2 Å². The van der Waals surface area contributed by atoms with Crippen molar-refractivity contribution < 1.29 is 9.31 Å². The molecule has 1 aromatic rings. The van der Waals surface area contributed by atoms with Gasteiger partial charge in [0.2, 0.25) is 0 Å². The first kappa shape index (κ1) is 14.0. The molecular formula is C13H19BBrNO2. The standard InChI is InChI=1S/C13H19BBrNO2/c1-6-9-8-16-11(15)7-10(9)14-17-12(2,3)13(4,5)18-14/h7-8H,6H2,1-5H3. The number of nitrogens with zero attached hydrogens (tertiary/aromatic N) is 1. The van der Waals surface area contributed by atoms with Gasteiger partial charge in [0.1, 0.15) is 4.60 Å². The van der Waals surface area contributed by atoms with E-state index in [1.54, 1.807) is 0 Å². The molecule has 0 N–H and O–H groups in total. The molecule has 1 aliphatic heterocycles. The fourth-order valence-corrected chi connectivity index (χ4v) is 2.31. The molecule has 2 rings (SSSR count). The smallest absolute Gasteiger partial charge is 0.399 e. The summed E-state index contributed by atoms with van der Waals surface area (Å²) in [7, 11) is -0.316. The molecule has 0 amide bonds. The third-order valence-corrected chi connectivity index (χ3v) is 4.31. The van der Waals surface area contributed by atoms with Gasteiger partial charge < -0.3 is 9.31 Å². The van der Waals surface area contributed by atoms with Crippen LogP contribution in [0, 0.1) is 0 Å². The van der Waals surface area contributed by atoms with Crippen molar-refractivity contribution in [1.82, 2.24) is 4.98 Å². The molecule has 0 bridgehead atoms. The van der Waals surface area contributed by atoms with E-state index < -0.39 is 0 Å². The predicted octanol–water partition coefficient (Wildman–Crippen LogP) is 2.71. The largest absolute Gasteiger partial charge is 0.495 e. The SMILES string of the molecule is CCc1cnc(Br)cc1B1OC(C)(C)C(C)(C)O1. The number of halogens is 1. The van der Waals surface area contributed by atoms with Crippen LogP contribution in [0.5, 0.6) is 0 Å². The van der Waals surface area contributed by atoms with Gasteiger partial charge in [0.15, 0.2) is 0 Å². The van der Waals surface area contributed by atoms with E-state index in [0.29, 0.717) is 0 Å². The van der Waals surface area contributed by atoms with E-state index in [1.807, 2.05) is 12.3 Å². The van der Waals surface area contributed by atoms with Gasteiger partial charge >= 0.3 is 7.12 Å². The van der Waals surface area contributed by atoms with Crippen LogP contribution in [-0.2, 0) is 15.7 Å². The Morgan fingerprint density at radius 1 is 1.22 bits per heavy atom. The molecule has 18 heavy (non-hydrogen) atoms. The molecule has 0 spiro atoms. The molecule has 0 saturated carbocycles. The topological polar surface area (TPSA) is 31.4 Å². The lowest BCUT2D eigenvalue weighted by molar-refractivity contribution is 0.00578. The highest BCUT2D eigenvalue weighted by Crippen LogP contribution is 2.36. The van der Waals surface area contributed by atoms with Crippen LogP contribution in [0.25, 0.3) is 0 Å². The van der Waals surface area contributed by atoms with Gasteiger partial charge in [0.05, 0.1) is 11.2 Å². The maximum atomic E-state index is 6.08. The van der Waals surface area contributed by atoms with Crippen LogP contribution >= 0.6 is 15.9 Å². The Labute approximate surface area is 118 Å². The second-order valence-corrected chi connectivity index (χ2v) is 6.46. The van der Waals surface area contributed by atoms with Gasteiger partial charge in [0, 0.05) is 6.20 Å². The first-order chi connectivity index (χ1) is 8.27. The highest BCUT2D eigenvalue weighted by molar-refractivity contribution is 9.10. The summed E-state index contributed by atoms with van der Waals surface area (Å²) in [6.45, 7) is 10.4. The van der Waals surface area contributed by atoms with Gasteiger partial charge in [-0.2, -0.15) is 0 Å². The first-order valence-corrected chi connectivity index (χ1v) is 7.06. The molecule has 0 aromatic carbocycles. The second kappa shape index (κ2) is 4.62. The monoisotopic (exact) mass is 311 g/mol. The van der Waals surface area contributed by atoms with E-state index in [4.69, 9.17) is 9.31 Å². The Morgan fingerprint density at radius 2 is 1.78 bits per heavy atom. The molecule has 1 aromatic heterocycles. The summed E-state index contributed by atoms with van der Waals surface area (Å²) in [6, 6.07) is 1.99. The van der Waals surface area contributed by atoms with Gasteiger partial charge in [-0.1, -0.05) is 6.92 Å². The molecule has 2 heterocycles. The van der Waals surface area contributed by atoms with Crippen molar-refractivity contribution in [2.24, 2.45) is 0 Å². The Hall–Kier alpha value is -0.385. The fourth-order valence-electron chi connectivity index (χ4n) is 1.96. The van der Waals surface area contributed by atoms with E-state index in [1.165, 1.54) is 0 Å². The van der Waals surface area contributed by atoms with Crippen LogP contribution in [0.15, 0.2) is 16.9 Å². The molecule has 3 nitrogen and oxygen atoms in total. The number of hydrogen-bond donors (Lipinski definition) is 0. The van der Waals surface area contributed by atoms with Crippen molar-refractivity contribution in [3.05, 3.63) is 22.4 Å². The summed E-state index contributed by atoms with van der Waals surface area (Å²) in [5.74, 6) is 0. The van der Waals surface area contributed by atoms with Crippen molar-refractivity contribution >= 4 is 28.5 Å². The summed E-state index contributed by atoms with van der Waals surface area (Å²) in [4.78, 5) is 4.26. The van der Waals surface area contributed by atoms with Crippen LogP contribution in [-0.4, -0.2) is 23.3 Å². The zero-order valence-corrected chi connectivity index (χ0v) is 13.2. The van der Waals surface area contributed by atoms with E-state index in [9.17, 15) is 0 Å². The molecule has 5 heteroatoms. The van der Waals surface area contributed by atoms with E-state index in [2.05, 4.69) is 55.5 Å². The van der Waals surface area contributed by atoms with Crippen LogP contribution in [0.1, 0.15) is 40.2 Å². The van der Waals surface area contributed by atoms with Crippen LogP contribution in [0.3, 0.4) is 0 Å². The van der Waals surface area contributed by atoms with Crippen molar-refractivity contribution in [3.8, 4) is 0 Å². The molecule has 0 aliphatic carbocycles. The van der Waals surface area contributed by atoms with Gasteiger partial charge in [-0.05, 0) is 67.1 Å². The zero-order chi connectivity index (χ0) is 13.6. The highest BCUT2D eigenvalue weighted by atomic mass is 79.9. The van der Waals surface area contributed by atoms with Crippen LogP contribution in [0.4, 0.5) is 0 Å². The number of aromatic nitrogens is 1. The number of pyridine rings is 1. The van der Waals surface area contributed by atoms with Crippen LogP contribution < -0.4 is 5.46 Å². The van der Waals surface area contributed by atoms with E-state index in [0.717, 1.165) is 22.1 Å². The number of aryl methyl sites for hydroxylation is 1. The average Bonchev–Trinajstić information content (AvgIpc) is 2.48. The van der Waals surface area contributed by atoms with Crippen molar-refractivity contribution in [2.75, 3.05) is 0 Å². The minimum atomic E-state index is -0.316. The first-order valence-electron chi connectivity index (χ1n) is 6.27. The van der Waals surface area contributed by atoms with Crippen molar-refractivity contribution in [3.63, 3.8) is 0 Å². The maximum absolute atomic E-state index is 6.08. The molecule has 1 aliphatic rings. The van der Waals surface area contributed by atoms with E-state index in [-0.39, 0.29) is 18.3 Å². The lowest BCUT2D eigenvalue weighted by atomic mass is 9.76. The zero-order valence-electron chi connectivity index (χ0n) is 11.6. The highest BCUT2D eigenvalue weighted by Gasteiger charge is 2.52. The third kappa shape index (κ3) is 2.36. The third-order valence-electron chi connectivity index (χ3n) is 3.88. The van der Waals surface area contributed by atoms with Gasteiger partial charge in [0.25, 0.3) is 0 Å². The normalized spacial score (nSPS) is 21.3.